The van der Waals surface area contributed by atoms with E-state index in [-0.39, 0.29) is 0 Å². The summed E-state index contributed by atoms with van der Waals surface area (Å²) < 4.78 is 0. The standard InChI is InChI=1S/C12H27N/c1-6-8-9-10-12(4,13-5)11(3)7-2/h11,13H,6-10H2,1-5H3/t11?,12-/m1/s1. The van der Waals surface area contributed by atoms with Gasteiger partial charge in [-0.3, -0.25) is 0 Å². The molecule has 0 aliphatic carbocycles. The third kappa shape index (κ3) is 4.12. The Morgan fingerprint density at radius 2 is 1.85 bits per heavy atom. The lowest BCUT2D eigenvalue weighted by molar-refractivity contribution is 0.231. The second-order valence-corrected chi connectivity index (χ2v) is 4.43. The molecule has 0 radical (unpaired) electrons. The summed E-state index contributed by atoms with van der Waals surface area (Å²) >= 11 is 0. The van der Waals surface area contributed by atoms with Crippen LogP contribution in [0.25, 0.3) is 0 Å². The third-order valence-electron chi connectivity index (χ3n) is 3.57. The lowest BCUT2D eigenvalue weighted by Crippen LogP contribution is -2.45. The minimum Gasteiger partial charge on any atom is -0.314 e. The molecule has 80 valence electrons. The molecule has 0 heterocycles. The molecule has 0 aromatic rings. The van der Waals surface area contributed by atoms with Crippen LogP contribution >= 0.6 is 0 Å². The van der Waals surface area contributed by atoms with Gasteiger partial charge in [-0.05, 0) is 26.3 Å². The van der Waals surface area contributed by atoms with Gasteiger partial charge in [-0.1, -0.05) is 46.5 Å². The monoisotopic (exact) mass is 185 g/mol. The topological polar surface area (TPSA) is 12.0 Å². The van der Waals surface area contributed by atoms with Crippen LogP contribution in [0.2, 0.25) is 0 Å². The van der Waals surface area contributed by atoms with Crippen molar-refractivity contribution in [3.05, 3.63) is 0 Å². The van der Waals surface area contributed by atoms with Crippen molar-refractivity contribution in [2.75, 3.05) is 7.05 Å². The Morgan fingerprint density at radius 3 is 2.23 bits per heavy atom. The van der Waals surface area contributed by atoms with E-state index < -0.39 is 0 Å². The normalized spacial score (nSPS) is 18.2. The van der Waals surface area contributed by atoms with Crippen LogP contribution in [0.15, 0.2) is 0 Å². The van der Waals surface area contributed by atoms with Crippen LogP contribution in [-0.2, 0) is 0 Å². The van der Waals surface area contributed by atoms with E-state index >= 15 is 0 Å². The van der Waals surface area contributed by atoms with Gasteiger partial charge in [0.05, 0.1) is 0 Å². The van der Waals surface area contributed by atoms with Crippen molar-refractivity contribution < 1.29 is 0 Å². The van der Waals surface area contributed by atoms with Crippen LogP contribution in [0.1, 0.15) is 59.8 Å². The molecule has 0 saturated carbocycles. The number of hydrogen-bond donors (Lipinski definition) is 1. The van der Waals surface area contributed by atoms with Crippen molar-refractivity contribution >= 4 is 0 Å². The predicted octanol–water partition coefficient (Wildman–Crippen LogP) is 3.59. The van der Waals surface area contributed by atoms with E-state index in [1.807, 2.05) is 0 Å². The Kier molecular flexibility index (Phi) is 6.40. The minimum absolute atomic E-state index is 0.351. The predicted molar refractivity (Wildman–Crippen MR) is 61.1 cm³/mol. The Labute approximate surface area is 84.3 Å². The maximum absolute atomic E-state index is 3.49. The van der Waals surface area contributed by atoms with Gasteiger partial charge in [0.15, 0.2) is 0 Å². The lowest BCUT2D eigenvalue weighted by Gasteiger charge is -2.35. The van der Waals surface area contributed by atoms with Gasteiger partial charge in [0.1, 0.15) is 0 Å². The number of rotatable bonds is 7. The van der Waals surface area contributed by atoms with Crippen molar-refractivity contribution in [1.29, 1.82) is 0 Å². The first-order valence-corrected chi connectivity index (χ1v) is 5.79. The quantitative estimate of drug-likeness (QED) is 0.598. The van der Waals surface area contributed by atoms with Crippen LogP contribution < -0.4 is 5.32 Å². The molecule has 1 unspecified atom stereocenters. The van der Waals surface area contributed by atoms with Crippen molar-refractivity contribution in [3.8, 4) is 0 Å². The van der Waals surface area contributed by atoms with Gasteiger partial charge in [0, 0.05) is 5.54 Å². The highest BCUT2D eigenvalue weighted by Gasteiger charge is 2.26. The molecule has 0 rings (SSSR count). The smallest absolute Gasteiger partial charge is 0.0175 e. The first-order valence-electron chi connectivity index (χ1n) is 5.79. The van der Waals surface area contributed by atoms with Crippen LogP contribution in [0.3, 0.4) is 0 Å². The van der Waals surface area contributed by atoms with E-state index in [4.69, 9.17) is 0 Å². The fourth-order valence-electron chi connectivity index (χ4n) is 1.81. The van der Waals surface area contributed by atoms with Gasteiger partial charge in [-0.15, -0.1) is 0 Å². The second-order valence-electron chi connectivity index (χ2n) is 4.43. The molecule has 13 heavy (non-hydrogen) atoms. The van der Waals surface area contributed by atoms with Crippen molar-refractivity contribution in [1.82, 2.24) is 5.32 Å². The van der Waals surface area contributed by atoms with Gasteiger partial charge >= 0.3 is 0 Å². The highest BCUT2D eigenvalue weighted by atomic mass is 14.9. The molecule has 0 aliphatic rings. The van der Waals surface area contributed by atoms with E-state index in [0.717, 1.165) is 5.92 Å². The summed E-state index contributed by atoms with van der Waals surface area (Å²) in [5.41, 5.74) is 0.351. The molecule has 0 aromatic heterocycles. The average molecular weight is 185 g/mol. The number of hydrogen-bond acceptors (Lipinski definition) is 1. The molecule has 0 spiro atoms. The first-order chi connectivity index (χ1) is 6.10. The minimum atomic E-state index is 0.351. The van der Waals surface area contributed by atoms with Gasteiger partial charge in [-0.25, -0.2) is 0 Å². The molecule has 0 amide bonds. The Bertz CT molecular complexity index is 122. The van der Waals surface area contributed by atoms with E-state index in [1.54, 1.807) is 0 Å². The second kappa shape index (κ2) is 6.42. The molecule has 1 nitrogen and oxygen atoms in total. The maximum Gasteiger partial charge on any atom is 0.0175 e. The van der Waals surface area contributed by atoms with E-state index in [1.165, 1.54) is 32.1 Å². The summed E-state index contributed by atoms with van der Waals surface area (Å²) in [6.07, 6.45) is 6.63. The fraction of sp³-hybridized carbons (Fsp3) is 1.00. The molecular formula is C12H27N. The van der Waals surface area contributed by atoms with Crippen LogP contribution in [-0.4, -0.2) is 12.6 Å². The maximum atomic E-state index is 3.49. The Morgan fingerprint density at radius 1 is 1.23 bits per heavy atom. The SMILES string of the molecule is CCCCC[C@@](C)(NC)C(C)CC. The van der Waals surface area contributed by atoms with Crippen molar-refractivity contribution in [2.45, 2.75) is 65.3 Å². The van der Waals surface area contributed by atoms with Gasteiger partial charge in [0.25, 0.3) is 0 Å². The molecule has 0 aliphatic heterocycles. The molecule has 0 bridgehead atoms. The lowest BCUT2D eigenvalue weighted by atomic mass is 9.81. The first kappa shape index (κ1) is 13.0. The molecule has 1 heteroatoms. The van der Waals surface area contributed by atoms with E-state index in [9.17, 15) is 0 Å². The van der Waals surface area contributed by atoms with Gasteiger partial charge in [-0.2, -0.15) is 0 Å². The van der Waals surface area contributed by atoms with Crippen LogP contribution in [0.5, 0.6) is 0 Å². The summed E-state index contributed by atoms with van der Waals surface area (Å²) in [7, 11) is 2.10. The highest BCUT2D eigenvalue weighted by Crippen LogP contribution is 2.25. The zero-order chi connectivity index (χ0) is 10.3. The van der Waals surface area contributed by atoms with E-state index in [2.05, 4.69) is 40.1 Å². The fourth-order valence-corrected chi connectivity index (χ4v) is 1.81. The van der Waals surface area contributed by atoms with Crippen LogP contribution in [0.4, 0.5) is 0 Å². The Balaban J connectivity index is 3.95. The summed E-state index contributed by atoms with van der Waals surface area (Å²) in [5, 5.41) is 3.49. The molecule has 0 fully saturated rings. The van der Waals surface area contributed by atoms with Crippen LogP contribution in [0, 0.1) is 5.92 Å². The van der Waals surface area contributed by atoms with Crippen molar-refractivity contribution in [2.24, 2.45) is 5.92 Å². The van der Waals surface area contributed by atoms with Crippen molar-refractivity contribution in [3.63, 3.8) is 0 Å². The molecule has 0 aromatic carbocycles. The van der Waals surface area contributed by atoms with E-state index in [0.29, 0.717) is 5.54 Å². The summed E-state index contributed by atoms with van der Waals surface area (Å²) in [5.74, 6) is 0.773. The summed E-state index contributed by atoms with van der Waals surface area (Å²) in [6.45, 7) is 9.25. The zero-order valence-corrected chi connectivity index (χ0v) is 10.1. The molecular weight excluding hydrogens is 158 g/mol. The Hall–Kier alpha value is -0.0400. The summed E-state index contributed by atoms with van der Waals surface area (Å²) in [4.78, 5) is 0. The largest absolute Gasteiger partial charge is 0.314 e. The highest BCUT2D eigenvalue weighted by molar-refractivity contribution is 4.86. The molecule has 0 saturated heterocycles. The summed E-state index contributed by atoms with van der Waals surface area (Å²) in [6, 6.07) is 0. The molecule has 1 N–H and O–H groups in total. The zero-order valence-electron chi connectivity index (χ0n) is 10.1. The van der Waals surface area contributed by atoms with Gasteiger partial charge in [0.2, 0.25) is 0 Å². The molecule has 2 atom stereocenters. The number of unbranched alkanes of at least 4 members (excludes halogenated alkanes) is 2. The average Bonchev–Trinajstić information content (AvgIpc) is 2.16. The third-order valence-corrected chi connectivity index (χ3v) is 3.57. The number of nitrogens with one attached hydrogen (secondary N) is 1. The van der Waals surface area contributed by atoms with Gasteiger partial charge < -0.3 is 5.32 Å².